The second-order valence-electron chi connectivity index (χ2n) is 5.27. The van der Waals surface area contributed by atoms with Gasteiger partial charge in [0.2, 0.25) is 0 Å². The van der Waals surface area contributed by atoms with Gasteiger partial charge in [-0.3, -0.25) is 4.99 Å². The van der Waals surface area contributed by atoms with E-state index in [0.717, 1.165) is 22.9 Å². The molecule has 1 saturated heterocycles. The van der Waals surface area contributed by atoms with Crippen LogP contribution in [0.4, 0.5) is 4.39 Å². The number of thioether (sulfide) groups is 1. The Morgan fingerprint density at radius 2 is 2.00 bits per heavy atom. The van der Waals surface area contributed by atoms with E-state index in [1.165, 1.54) is 12.1 Å². The van der Waals surface area contributed by atoms with Gasteiger partial charge in [0.05, 0.1) is 6.04 Å². The molecule has 0 saturated carbocycles. The van der Waals surface area contributed by atoms with Gasteiger partial charge in [0.25, 0.3) is 0 Å². The Kier molecular flexibility index (Phi) is 3.95. The van der Waals surface area contributed by atoms with Gasteiger partial charge in [-0.2, -0.15) is 0 Å². The lowest BCUT2D eigenvalue weighted by Crippen LogP contribution is -2.46. The molecule has 18 heavy (non-hydrogen) atoms. The van der Waals surface area contributed by atoms with Crippen molar-refractivity contribution < 1.29 is 4.39 Å². The van der Waals surface area contributed by atoms with E-state index >= 15 is 0 Å². The third kappa shape index (κ3) is 3.48. The van der Waals surface area contributed by atoms with Crippen LogP contribution < -0.4 is 5.32 Å². The summed E-state index contributed by atoms with van der Waals surface area (Å²) < 4.78 is 12.9. The Labute approximate surface area is 112 Å². The molecular weight excluding hydrogens is 247 g/mol. The van der Waals surface area contributed by atoms with Crippen molar-refractivity contribution in [1.29, 1.82) is 0 Å². The van der Waals surface area contributed by atoms with Crippen molar-refractivity contribution in [3.63, 3.8) is 0 Å². The Hall–Kier alpha value is -1.03. The monoisotopic (exact) mass is 266 g/mol. The Bertz CT molecular complexity index is 440. The summed E-state index contributed by atoms with van der Waals surface area (Å²) in [5.41, 5.74) is 1.15. The zero-order valence-electron chi connectivity index (χ0n) is 11.0. The van der Waals surface area contributed by atoms with Crippen LogP contribution in [0.2, 0.25) is 0 Å². The van der Waals surface area contributed by atoms with Gasteiger partial charge in [0.15, 0.2) is 5.17 Å². The molecule has 1 aliphatic heterocycles. The molecule has 0 radical (unpaired) electrons. The van der Waals surface area contributed by atoms with Crippen molar-refractivity contribution in [1.82, 2.24) is 5.32 Å². The molecule has 2 rings (SSSR count). The number of nitrogens with zero attached hydrogens (tertiary/aromatic N) is 1. The van der Waals surface area contributed by atoms with Crippen LogP contribution in [-0.4, -0.2) is 16.5 Å². The molecule has 1 aromatic rings. The SMILES string of the molecule is CC(N=C1NC(C)(C)CCS1)c1ccc(F)cc1. The molecule has 1 aromatic carbocycles. The maximum Gasteiger partial charge on any atom is 0.157 e. The number of halogens is 1. The molecule has 2 nitrogen and oxygen atoms in total. The third-order valence-corrected chi connectivity index (χ3v) is 3.96. The van der Waals surface area contributed by atoms with Crippen LogP contribution in [0.1, 0.15) is 38.8 Å². The minimum absolute atomic E-state index is 0.0505. The quantitative estimate of drug-likeness (QED) is 0.881. The van der Waals surface area contributed by atoms with E-state index in [-0.39, 0.29) is 17.4 Å². The fourth-order valence-corrected chi connectivity index (χ4v) is 3.24. The lowest BCUT2D eigenvalue weighted by Gasteiger charge is -2.32. The van der Waals surface area contributed by atoms with E-state index in [4.69, 9.17) is 0 Å². The maximum atomic E-state index is 12.9. The number of benzene rings is 1. The highest BCUT2D eigenvalue weighted by Crippen LogP contribution is 2.25. The summed E-state index contributed by atoms with van der Waals surface area (Å²) in [6, 6.07) is 6.61. The van der Waals surface area contributed by atoms with Crippen molar-refractivity contribution in [2.75, 3.05) is 5.75 Å². The van der Waals surface area contributed by atoms with Crippen molar-refractivity contribution >= 4 is 16.9 Å². The number of aliphatic imine (C=N–C) groups is 1. The van der Waals surface area contributed by atoms with E-state index < -0.39 is 0 Å². The molecule has 1 unspecified atom stereocenters. The molecule has 0 aliphatic carbocycles. The highest BCUT2D eigenvalue weighted by molar-refractivity contribution is 8.13. The number of amidine groups is 1. The highest BCUT2D eigenvalue weighted by atomic mass is 32.2. The van der Waals surface area contributed by atoms with Gasteiger partial charge in [-0.05, 0) is 44.9 Å². The number of hydrogen-bond donors (Lipinski definition) is 1. The second kappa shape index (κ2) is 5.31. The van der Waals surface area contributed by atoms with Crippen LogP contribution in [-0.2, 0) is 0 Å². The molecule has 1 fully saturated rings. The van der Waals surface area contributed by atoms with Crippen molar-refractivity contribution in [2.24, 2.45) is 4.99 Å². The van der Waals surface area contributed by atoms with E-state index in [1.807, 2.05) is 6.92 Å². The molecule has 4 heteroatoms. The molecule has 0 spiro atoms. The summed E-state index contributed by atoms with van der Waals surface area (Å²) in [5.74, 6) is 0.888. The second-order valence-corrected chi connectivity index (χ2v) is 6.35. The van der Waals surface area contributed by atoms with Gasteiger partial charge in [0.1, 0.15) is 5.82 Å². The Balaban J connectivity index is 2.10. The first kappa shape index (κ1) is 13.4. The summed E-state index contributed by atoms with van der Waals surface area (Å²) in [6.07, 6.45) is 1.14. The topological polar surface area (TPSA) is 24.4 Å². The van der Waals surface area contributed by atoms with Crippen LogP contribution in [0.3, 0.4) is 0 Å². The Morgan fingerprint density at radius 3 is 2.61 bits per heavy atom. The number of nitrogens with one attached hydrogen (secondary N) is 1. The largest absolute Gasteiger partial charge is 0.360 e. The summed E-state index contributed by atoms with van der Waals surface area (Å²) in [7, 11) is 0. The minimum atomic E-state index is -0.204. The van der Waals surface area contributed by atoms with Crippen LogP contribution in [0.15, 0.2) is 29.3 Å². The lowest BCUT2D eigenvalue weighted by molar-refractivity contribution is 0.445. The minimum Gasteiger partial charge on any atom is -0.360 e. The van der Waals surface area contributed by atoms with Crippen molar-refractivity contribution in [2.45, 2.75) is 38.8 Å². The van der Waals surface area contributed by atoms with Gasteiger partial charge in [-0.15, -0.1) is 0 Å². The summed E-state index contributed by atoms with van der Waals surface area (Å²) in [5, 5.41) is 4.43. The van der Waals surface area contributed by atoms with Crippen molar-refractivity contribution in [3.8, 4) is 0 Å². The first-order chi connectivity index (χ1) is 8.46. The average molecular weight is 266 g/mol. The summed E-state index contributed by atoms with van der Waals surface area (Å²) in [6.45, 7) is 6.40. The standard InChI is InChI=1S/C14H19FN2S/c1-10(11-4-6-12(15)7-5-11)16-13-17-14(2,3)8-9-18-13/h4-7,10H,8-9H2,1-3H3,(H,16,17). The predicted molar refractivity (Wildman–Crippen MR) is 76.5 cm³/mol. The predicted octanol–water partition coefficient (Wildman–Crippen LogP) is 3.75. The molecular formula is C14H19FN2S. The summed E-state index contributed by atoms with van der Waals surface area (Å²) >= 11 is 1.76. The smallest absolute Gasteiger partial charge is 0.157 e. The van der Waals surface area contributed by atoms with Gasteiger partial charge >= 0.3 is 0 Å². The molecule has 1 heterocycles. The number of rotatable bonds is 2. The van der Waals surface area contributed by atoms with Gasteiger partial charge in [-0.25, -0.2) is 4.39 Å². The first-order valence-corrected chi connectivity index (χ1v) is 7.19. The molecule has 98 valence electrons. The van der Waals surface area contributed by atoms with E-state index in [0.29, 0.717) is 0 Å². The molecule has 1 atom stereocenters. The zero-order valence-corrected chi connectivity index (χ0v) is 11.9. The van der Waals surface area contributed by atoms with Crippen LogP contribution in [0.25, 0.3) is 0 Å². The van der Waals surface area contributed by atoms with E-state index in [2.05, 4.69) is 24.2 Å². The molecule has 1 aliphatic rings. The fourth-order valence-electron chi connectivity index (χ4n) is 1.85. The normalized spacial score (nSPS) is 22.6. The van der Waals surface area contributed by atoms with Crippen LogP contribution in [0, 0.1) is 5.82 Å². The Morgan fingerprint density at radius 1 is 1.33 bits per heavy atom. The van der Waals surface area contributed by atoms with E-state index in [1.54, 1.807) is 23.9 Å². The fraction of sp³-hybridized carbons (Fsp3) is 0.500. The number of hydrogen-bond acceptors (Lipinski definition) is 2. The van der Waals surface area contributed by atoms with E-state index in [9.17, 15) is 4.39 Å². The third-order valence-electron chi connectivity index (χ3n) is 3.07. The zero-order chi connectivity index (χ0) is 13.2. The lowest BCUT2D eigenvalue weighted by atomic mass is 10.0. The molecule has 0 bridgehead atoms. The van der Waals surface area contributed by atoms with Gasteiger partial charge in [-0.1, -0.05) is 23.9 Å². The maximum absolute atomic E-state index is 12.9. The summed E-state index contributed by atoms with van der Waals surface area (Å²) in [4.78, 5) is 4.68. The average Bonchev–Trinajstić information content (AvgIpc) is 2.28. The molecule has 0 amide bonds. The van der Waals surface area contributed by atoms with Crippen LogP contribution >= 0.6 is 11.8 Å². The van der Waals surface area contributed by atoms with Crippen LogP contribution in [0.5, 0.6) is 0 Å². The van der Waals surface area contributed by atoms with Gasteiger partial charge in [0, 0.05) is 11.3 Å². The highest BCUT2D eigenvalue weighted by Gasteiger charge is 2.24. The first-order valence-electron chi connectivity index (χ1n) is 6.20. The molecule has 0 aromatic heterocycles. The van der Waals surface area contributed by atoms with Crippen molar-refractivity contribution in [3.05, 3.63) is 35.6 Å². The van der Waals surface area contributed by atoms with Gasteiger partial charge < -0.3 is 5.32 Å². The molecule has 1 N–H and O–H groups in total.